The fourth-order valence-corrected chi connectivity index (χ4v) is 4.14. The molecule has 0 aliphatic carbocycles. The number of ether oxygens (including phenoxy) is 2. The first-order valence-electron chi connectivity index (χ1n) is 13.1. The lowest BCUT2D eigenvalue weighted by Crippen LogP contribution is -2.55. The number of aliphatic hydroxyl groups excluding tert-OH is 3. The number of rotatable bonds is 20. The van der Waals surface area contributed by atoms with Crippen LogP contribution in [0, 0.1) is 0 Å². The molecular weight excluding hydrogens is 392 g/mol. The fourth-order valence-electron chi connectivity index (χ4n) is 4.14. The summed E-state index contributed by atoms with van der Waals surface area (Å²) in [5.74, 6) is 0. The molecular formula is C26H50O5. The average molecular weight is 443 g/mol. The van der Waals surface area contributed by atoms with Gasteiger partial charge in [0.15, 0.2) is 0 Å². The molecule has 0 amide bonds. The van der Waals surface area contributed by atoms with Crippen molar-refractivity contribution >= 4 is 0 Å². The van der Waals surface area contributed by atoms with Crippen LogP contribution in [0.1, 0.15) is 110 Å². The Morgan fingerprint density at radius 3 is 1.84 bits per heavy atom. The molecule has 4 atom stereocenters. The number of aliphatic hydroxyl groups is 3. The minimum atomic E-state index is -0.990. The van der Waals surface area contributed by atoms with Gasteiger partial charge in [-0.2, -0.15) is 0 Å². The topological polar surface area (TPSA) is 79.2 Å². The van der Waals surface area contributed by atoms with Crippen molar-refractivity contribution in [3.8, 4) is 0 Å². The lowest BCUT2D eigenvalue weighted by atomic mass is 10.0. The SMILES string of the molecule is CCCCCCCCC/C=C/CCCCCCCCCO[C@@H]1[C@@H](O)[C@H](O)CO[C@H]1CO. The molecule has 0 aromatic rings. The zero-order valence-corrected chi connectivity index (χ0v) is 20.1. The molecule has 1 aliphatic heterocycles. The van der Waals surface area contributed by atoms with Crippen molar-refractivity contribution in [1.82, 2.24) is 0 Å². The second-order valence-corrected chi connectivity index (χ2v) is 9.09. The average Bonchev–Trinajstić information content (AvgIpc) is 2.78. The molecule has 0 bridgehead atoms. The van der Waals surface area contributed by atoms with E-state index in [1.54, 1.807) is 0 Å². The van der Waals surface area contributed by atoms with Gasteiger partial charge < -0.3 is 24.8 Å². The van der Waals surface area contributed by atoms with E-state index in [9.17, 15) is 15.3 Å². The van der Waals surface area contributed by atoms with Gasteiger partial charge in [-0.15, -0.1) is 0 Å². The molecule has 5 nitrogen and oxygen atoms in total. The molecule has 31 heavy (non-hydrogen) atoms. The Labute approximate surface area is 191 Å². The molecule has 1 saturated heterocycles. The van der Waals surface area contributed by atoms with Gasteiger partial charge in [-0.1, -0.05) is 89.7 Å². The highest BCUT2D eigenvalue weighted by Crippen LogP contribution is 2.19. The van der Waals surface area contributed by atoms with E-state index in [0.29, 0.717) is 6.61 Å². The minimum Gasteiger partial charge on any atom is -0.394 e. The summed E-state index contributed by atoms with van der Waals surface area (Å²) in [6.45, 7) is 2.63. The van der Waals surface area contributed by atoms with Gasteiger partial charge in [0, 0.05) is 6.61 Å². The maximum Gasteiger partial charge on any atom is 0.114 e. The third kappa shape index (κ3) is 14.3. The van der Waals surface area contributed by atoms with E-state index in [1.807, 2.05) is 0 Å². The summed E-state index contributed by atoms with van der Waals surface area (Å²) in [6.07, 6.45) is 22.2. The zero-order valence-electron chi connectivity index (χ0n) is 20.1. The van der Waals surface area contributed by atoms with Crippen LogP contribution in [0.5, 0.6) is 0 Å². The molecule has 0 radical (unpaired) electrons. The third-order valence-electron chi connectivity index (χ3n) is 6.22. The van der Waals surface area contributed by atoms with Crippen molar-refractivity contribution in [1.29, 1.82) is 0 Å². The minimum absolute atomic E-state index is 0.0429. The summed E-state index contributed by atoms with van der Waals surface area (Å²) < 4.78 is 11.0. The van der Waals surface area contributed by atoms with E-state index in [2.05, 4.69) is 19.1 Å². The summed E-state index contributed by atoms with van der Waals surface area (Å²) in [5, 5.41) is 29.0. The van der Waals surface area contributed by atoms with Crippen LogP contribution in [-0.4, -0.2) is 59.6 Å². The van der Waals surface area contributed by atoms with Crippen LogP contribution < -0.4 is 0 Å². The van der Waals surface area contributed by atoms with Crippen molar-refractivity contribution in [3.63, 3.8) is 0 Å². The molecule has 3 N–H and O–H groups in total. The third-order valence-corrected chi connectivity index (χ3v) is 6.22. The fraction of sp³-hybridized carbons (Fsp3) is 0.923. The summed E-state index contributed by atoms with van der Waals surface area (Å²) >= 11 is 0. The highest BCUT2D eigenvalue weighted by atomic mass is 16.6. The number of hydrogen-bond acceptors (Lipinski definition) is 5. The molecule has 0 aromatic carbocycles. The van der Waals surface area contributed by atoms with Crippen molar-refractivity contribution in [2.24, 2.45) is 0 Å². The summed E-state index contributed by atoms with van der Waals surface area (Å²) in [4.78, 5) is 0. The number of hydrogen-bond donors (Lipinski definition) is 3. The largest absolute Gasteiger partial charge is 0.394 e. The molecule has 0 saturated carbocycles. The molecule has 5 heteroatoms. The van der Waals surface area contributed by atoms with Crippen LogP contribution in [0.25, 0.3) is 0 Å². The maximum absolute atomic E-state index is 10.0. The predicted molar refractivity (Wildman–Crippen MR) is 127 cm³/mol. The van der Waals surface area contributed by atoms with E-state index in [0.717, 1.165) is 12.8 Å². The van der Waals surface area contributed by atoms with Crippen LogP contribution >= 0.6 is 0 Å². The molecule has 1 fully saturated rings. The van der Waals surface area contributed by atoms with Gasteiger partial charge in [0.2, 0.25) is 0 Å². The molecule has 1 heterocycles. The number of allylic oxidation sites excluding steroid dienone is 2. The van der Waals surface area contributed by atoms with Gasteiger partial charge in [-0.3, -0.25) is 0 Å². The normalized spacial score (nSPS) is 24.3. The molecule has 0 aromatic heterocycles. The van der Waals surface area contributed by atoms with E-state index in [-0.39, 0.29) is 13.2 Å². The maximum atomic E-state index is 10.0. The first-order chi connectivity index (χ1) is 15.2. The Bertz CT molecular complexity index is 413. The Morgan fingerprint density at radius 1 is 0.774 bits per heavy atom. The van der Waals surface area contributed by atoms with Crippen molar-refractivity contribution in [2.45, 2.75) is 134 Å². The van der Waals surface area contributed by atoms with E-state index >= 15 is 0 Å². The van der Waals surface area contributed by atoms with Crippen LogP contribution in [0.15, 0.2) is 12.2 Å². The second kappa shape index (κ2) is 20.2. The van der Waals surface area contributed by atoms with Gasteiger partial charge in [0.25, 0.3) is 0 Å². The van der Waals surface area contributed by atoms with Crippen LogP contribution in [0.2, 0.25) is 0 Å². The van der Waals surface area contributed by atoms with Gasteiger partial charge in [0.1, 0.15) is 24.4 Å². The van der Waals surface area contributed by atoms with Gasteiger partial charge in [0.05, 0.1) is 13.2 Å². The van der Waals surface area contributed by atoms with E-state index < -0.39 is 24.4 Å². The summed E-state index contributed by atoms with van der Waals surface area (Å²) in [5.41, 5.74) is 0. The molecule has 1 aliphatic rings. The molecule has 1 rings (SSSR count). The lowest BCUT2D eigenvalue weighted by Gasteiger charge is -2.37. The zero-order chi connectivity index (χ0) is 22.6. The second-order valence-electron chi connectivity index (χ2n) is 9.09. The Morgan fingerprint density at radius 2 is 1.29 bits per heavy atom. The van der Waals surface area contributed by atoms with Gasteiger partial charge in [-0.05, 0) is 32.1 Å². The van der Waals surface area contributed by atoms with Crippen LogP contribution in [0.3, 0.4) is 0 Å². The molecule has 0 unspecified atom stereocenters. The Kier molecular flexibility index (Phi) is 18.6. The van der Waals surface area contributed by atoms with Gasteiger partial charge >= 0.3 is 0 Å². The quantitative estimate of drug-likeness (QED) is 0.176. The van der Waals surface area contributed by atoms with Crippen LogP contribution in [0.4, 0.5) is 0 Å². The van der Waals surface area contributed by atoms with E-state index in [1.165, 1.54) is 89.9 Å². The lowest BCUT2D eigenvalue weighted by molar-refractivity contribution is -0.211. The molecule has 184 valence electrons. The highest BCUT2D eigenvalue weighted by Gasteiger charge is 2.39. The van der Waals surface area contributed by atoms with Crippen LogP contribution in [-0.2, 0) is 9.47 Å². The summed E-state index contributed by atoms with van der Waals surface area (Å²) in [6, 6.07) is 0. The Balaban J connectivity index is 1.84. The van der Waals surface area contributed by atoms with Crippen molar-refractivity contribution in [2.75, 3.05) is 19.8 Å². The van der Waals surface area contributed by atoms with E-state index in [4.69, 9.17) is 9.47 Å². The monoisotopic (exact) mass is 442 g/mol. The molecule has 0 spiro atoms. The van der Waals surface area contributed by atoms with Gasteiger partial charge in [-0.25, -0.2) is 0 Å². The first-order valence-corrected chi connectivity index (χ1v) is 13.1. The smallest absolute Gasteiger partial charge is 0.114 e. The van der Waals surface area contributed by atoms with Crippen molar-refractivity contribution < 1.29 is 24.8 Å². The predicted octanol–water partition coefficient (Wildman–Crippen LogP) is 5.30. The number of unbranched alkanes of at least 4 members (excludes halogenated alkanes) is 14. The standard InChI is InChI=1S/C26H50O5/c1-2-3-4-5-6-7-8-9-10-11-12-13-14-15-16-17-18-19-20-30-26-24(21-27)31-22-23(28)25(26)29/h10-11,23-29H,2-9,12-22H2,1H3/b11-10+/t23-,24+,25+,26+/m1/s1. The highest BCUT2D eigenvalue weighted by molar-refractivity contribution is 4.87. The van der Waals surface area contributed by atoms with Crippen molar-refractivity contribution in [3.05, 3.63) is 12.2 Å². The first kappa shape index (κ1) is 28.6. The summed E-state index contributed by atoms with van der Waals surface area (Å²) in [7, 11) is 0. The Hall–Kier alpha value is -0.460.